The van der Waals surface area contributed by atoms with Gasteiger partial charge in [0.1, 0.15) is 0 Å². The minimum absolute atomic E-state index is 0.000000000000000444. The van der Waals surface area contributed by atoms with Crippen molar-refractivity contribution in [1.82, 2.24) is 5.32 Å². The van der Waals surface area contributed by atoms with Gasteiger partial charge in [-0.3, -0.25) is 14.9 Å². The predicted octanol–water partition coefficient (Wildman–Crippen LogP) is 3.64. The summed E-state index contributed by atoms with van der Waals surface area (Å²) < 4.78 is 0. The molecule has 2 aliphatic rings. The molecular formula is C17H20N2O4. The number of hydrogen-bond donors (Lipinski definition) is 2. The highest BCUT2D eigenvalue weighted by Gasteiger charge is 2.23. The molecule has 0 spiro atoms. The van der Waals surface area contributed by atoms with Crippen LogP contribution in [-0.4, -0.2) is 16.0 Å². The average Bonchev–Trinajstić information content (AvgIpc) is 2.79. The molecule has 1 aliphatic heterocycles. The molecule has 23 heavy (non-hydrogen) atoms. The number of nitro benzene ring substituents is 1. The first kappa shape index (κ1) is 18.2. The third-order valence-electron chi connectivity index (χ3n) is 3.14. The molecule has 0 amide bonds. The minimum Gasteiger partial charge on any atom is -0.481 e. The molecule has 6 nitrogen and oxygen atoms in total. The standard InChI is InChI=1S/C6H5NO2.C6H7N.C5H8O2/c8-7(9)6-4-2-1-3-5-6;1-2-4-6-7-5-3-1;6-5(7)4-2-1-3-4/h1-5H;1-7H;4H,1-3H2,(H,6,7). The zero-order valence-electron chi connectivity index (χ0n) is 12.7. The van der Waals surface area contributed by atoms with Gasteiger partial charge in [0, 0.05) is 24.5 Å². The number of nitro groups is 1. The number of carboxylic acid groups (broad SMARTS) is 1. The van der Waals surface area contributed by atoms with Gasteiger partial charge in [0.2, 0.25) is 0 Å². The van der Waals surface area contributed by atoms with Gasteiger partial charge in [-0.05, 0) is 25.0 Å². The quantitative estimate of drug-likeness (QED) is 0.642. The van der Waals surface area contributed by atoms with Gasteiger partial charge < -0.3 is 10.4 Å². The van der Waals surface area contributed by atoms with E-state index in [9.17, 15) is 14.9 Å². The number of rotatable bonds is 2. The lowest BCUT2D eigenvalue weighted by Crippen LogP contribution is -2.20. The number of non-ortho nitro benzene ring substituents is 1. The number of nitrogens with one attached hydrogen (secondary N) is 1. The van der Waals surface area contributed by atoms with Crippen molar-refractivity contribution < 1.29 is 14.8 Å². The summed E-state index contributed by atoms with van der Waals surface area (Å²) in [5.74, 6) is -0.619. The summed E-state index contributed by atoms with van der Waals surface area (Å²) in [6.45, 7) is 0. The Morgan fingerprint density at radius 2 is 1.65 bits per heavy atom. The Hall–Kier alpha value is -2.89. The van der Waals surface area contributed by atoms with Crippen LogP contribution in [0.1, 0.15) is 19.3 Å². The molecule has 0 bridgehead atoms. The van der Waals surface area contributed by atoms with Crippen molar-refractivity contribution in [3.63, 3.8) is 0 Å². The topological polar surface area (TPSA) is 92.5 Å². The Kier molecular flexibility index (Phi) is 8.51. The summed E-state index contributed by atoms with van der Waals surface area (Å²) in [4.78, 5) is 19.6. The second-order valence-corrected chi connectivity index (χ2v) is 4.83. The number of allylic oxidation sites excluding steroid dienone is 4. The molecule has 6 heteroatoms. The Bertz CT molecular complexity index is 562. The van der Waals surface area contributed by atoms with E-state index in [1.807, 2.05) is 36.7 Å². The number of benzene rings is 1. The molecule has 1 aromatic rings. The van der Waals surface area contributed by atoms with Gasteiger partial charge in [-0.25, -0.2) is 0 Å². The van der Waals surface area contributed by atoms with E-state index in [4.69, 9.17) is 5.11 Å². The van der Waals surface area contributed by atoms with Crippen molar-refractivity contribution >= 4 is 11.7 Å². The molecule has 0 unspecified atom stereocenters. The molecule has 0 aromatic heterocycles. The maximum absolute atomic E-state index is 10.0. The smallest absolute Gasteiger partial charge is 0.306 e. The molecular weight excluding hydrogens is 296 g/mol. The lowest BCUT2D eigenvalue weighted by molar-refractivity contribution is -0.384. The number of nitrogens with zero attached hydrogens (tertiary/aromatic N) is 1. The molecule has 0 atom stereocenters. The van der Waals surface area contributed by atoms with Crippen molar-refractivity contribution in [3.8, 4) is 0 Å². The normalized spacial score (nSPS) is 14.8. The number of para-hydroxylation sites is 1. The number of aliphatic carboxylic acids is 1. The lowest BCUT2D eigenvalue weighted by Gasteiger charge is -2.19. The molecule has 122 valence electrons. The minimum atomic E-state index is -0.619. The van der Waals surface area contributed by atoms with Gasteiger partial charge in [-0.1, -0.05) is 36.8 Å². The van der Waals surface area contributed by atoms with Crippen LogP contribution in [0.4, 0.5) is 5.69 Å². The van der Waals surface area contributed by atoms with Gasteiger partial charge in [-0.15, -0.1) is 0 Å². The molecule has 1 heterocycles. The van der Waals surface area contributed by atoms with E-state index in [-0.39, 0.29) is 11.6 Å². The highest BCUT2D eigenvalue weighted by Crippen LogP contribution is 2.25. The van der Waals surface area contributed by atoms with Crippen LogP contribution in [0.2, 0.25) is 0 Å². The van der Waals surface area contributed by atoms with E-state index in [0.29, 0.717) is 0 Å². The summed E-state index contributed by atoms with van der Waals surface area (Å²) in [6, 6.07) is 7.93. The van der Waals surface area contributed by atoms with Gasteiger partial charge in [0.05, 0.1) is 10.8 Å². The van der Waals surface area contributed by atoms with Gasteiger partial charge in [-0.2, -0.15) is 0 Å². The van der Waals surface area contributed by atoms with Crippen LogP contribution in [0.25, 0.3) is 0 Å². The van der Waals surface area contributed by atoms with E-state index >= 15 is 0 Å². The number of hydrogen-bond acceptors (Lipinski definition) is 4. The summed E-state index contributed by atoms with van der Waals surface area (Å²) in [5.41, 5.74) is 0.137. The van der Waals surface area contributed by atoms with Crippen LogP contribution in [0, 0.1) is 16.0 Å². The van der Waals surface area contributed by atoms with E-state index in [1.165, 1.54) is 12.1 Å². The second-order valence-electron chi connectivity index (χ2n) is 4.83. The van der Waals surface area contributed by atoms with Crippen molar-refractivity contribution in [1.29, 1.82) is 0 Å². The van der Waals surface area contributed by atoms with Gasteiger partial charge >= 0.3 is 5.97 Å². The maximum Gasteiger partial charge on any atom is 0.306 e. The Balaban J connectivity index is 0.000000175. The monoisotopic (exact) mass is 316 g/mol. The number of carboxylic acids is 1. The highest BCUT2D eigenvalue weighted by molar-refractivity contribution is 5.70. The lowest BCUT2D eigenvalue weighted by atomic mass is 9.86. The van der Waals surface area contributed by atoms with Crippen LogP contribution in [-0.2, 0) is 4.79 Å². The van der Waals surface area contributed by atoms with Crippen molar-refractivity contribution in [3.05, 3.63) is 77.2 Å². The van der Waals surface area contributed by atoms with E-state index in [1.54, 1.807) is 18.2 Å². The summed E-state index contributed by atoms with van der Waals surface area (Å²) >= 11 is 0. The second kappa shape index (κ2) is 10.8. The summed E-state index contributed by atoms with van der Waals surface area (Å²) in [7, 11) is 0. The van der Waals surface area contributed by atoms with Crippen LogP contribution >= 0.6 is 0 Å². The Labute approximate surface area is 135 Å². The summed E-state index contributed by atoms with van der Waals surface area (Å²) in [6.07, 6.45) is 14.5. The molecule has 1 aromatic carbocycles. The van der Waals surface area contributed by atoms with Crippen LogP contribution in [0.5, 0.6) is 0 Å². The van der Waals surface area contributed by atoms with Crippen molar-refractivity contribution in [2.75, 3.05) is 0 Å². The third-order valence-corrected chi connectivity index (χ3v) is 3.14. The molecule has 0 saturated heterocycles. The fraction of sp³-hybridized carbons (Fsp3) is 0.235. The Morgan fingerprint density at radius 1 is 1.09 bits per heavy atom. The van der Waals surface area contributed by atoms with E-state index in [2.05, 4.69) is 5.32 Å². The fourth-order valence-electron chi connectivity index (χ4n) is 1.61. The number of carbonyl (C=O) groups is 1. The molecule has 3 rings (SSSR count). The predicted molar refractivity (Wildman–Crippen MR) is 88.6 cm³/mol. The average molecular weight is 316 g/mol. The first-order chi connectivity index (χ1) is 11.1. The zero-order valence-corrected chi connectivity index (χ0v) is 12.7. The van der Waals surface area contributed by atoms with Crippen LogP contribution in [0.15, 0.2) is 67.0 Å². The molecule has 1 fully saturated rings. The molecule has 2 N–H and O–H groups in total. The maximum atomic E-state index is 10.0. The highest BCUT2D eigenvalue weighted by atomic mass is 16.6. The first-order valence-electron chi connectivity index (χ1n) is 7.28. The third kappa shape index (κ3) is 8.21. The van der Waals surface area contributed by atoms with E-state index < -0.39 is 10.9 Å². The molecule has 0 radical (unpaired) electrons. The Morgan fingerprint density at radius 3 is 1.96 bits per heavy atom. The SMILES string of the molecule is C1=CC=CNC=C1.O=C(O)C1CCC1.O=[N+]([O-])c1ccccc1. The molecule has 1 aliphatic carbocycles. The van der Waals surface area contributed by atoms with Crippen molar-refractivity contribution in [2.24, 2.45) is 5.92 Å². The van der Waals surface area contributed by atoms with Gasteiger partial charge in [0.25, 0.3) is 5.69 Å². The first-order valence-corrected chi connectivity index (χ1v) is 7.28. The summed E-state index contributed by atoms with van der Waals surface area (Å²) in [5, 5.41) is 21.2. The van der Waals surface area contributed by atoms with Crippen LogP contribution < -0.4 is 5.32 Å². The molecule has 1 saturated carbocycles. The fourth-order valence-corrected chi connectivity index (χ4v) is 1.61. The van der Waals surface area contributed by atoms with Crippen molar-refractivity contribution in [2.45, 2.75) is 19.3 Å². The van der Waals surface area contributed by atoms with Gasteiger partial charge in [0.15, 0.2) is 0 Å². The zero-order chi connectivity index (χ0) is 16.9. The largest absolute Gasteiger partial charge is 0.481 e. The van der Waals surface area contributed by atoms with Crippen LogP contribution in [0.3, 0.4) is 0 Å². The van der Waals surface area contributed by atoms with E-state index in [0.717, 1.165) is 19.3 Å².